The Morgan fingerprint density at radius 3 is 2.58 bits per heavy atom. The third-order valence-electron chi connectivity index (χ3n) is 3.78. The van der Waals surface area contributed by atoms with Gasteiger partial charge in [0.15, 0.2) is 0 Å². The Morgan fingerprint density at radius 1 is 1.19 bits per heavy atom. The molecule has 1 N–H and O–H groups in total. The van der Waals surface area contributed by atoms with Gasteiger partial charge in [-0.2, -0.15) is 5.10 Å². The normalized spacial score (nSPS) is 10.5. The molecular weight excluding hydrogens is 356 g/mol. The largest absolute Gasteiger partial charge is 0.348 e. The van der Waals surface area contributed by atoms with Gasteiger partial charge in [-0.25, -0.2) is 0 Å². The van der Waals surface area contributed by atoms with Crippen LogP contribution in [0.3, 0.4) is 0 Å². The van der Waals surface area contributed by atoms with E-state index in [0.29, 0.717) is 13.1 Å². The molecular formula is C18H15ClN4O3. The van der Waals surface area contributed by atoms with Crippen molar-refractivity contribution in [1.82, 2.24) is 15.1 Å². The highest BCUT2D eigenvalue weighted by atomic mass is 35.5. The standard InChI is InChI=1S/C18H15ClN4O3/c19-16-7-6-15(10-17(16)23(25)26)18(24)20-11-13-2-4-14(5-3-13)12-22-9-1-8-21-22/h1-10H,11-12H2,(H,20,24). The van der Waals surface area contributed by atoms with Crippen LogP contribution >= 0.6 is 11.6 Å². The molecule has 1 aromatic heterocycles. The second kappa shape index (κ2) is 7.79. The van der Waals surface area contributed by atoms with Crippen molar-refractivity contribution in [2.75, 3.05) is 0 Å². The van der Waals surface area contributed by atoms with Crippen molar-refractivity contribution in [1.29, 1.82) is 0 Å². The van der Waals surface area contributed by atoms with Crippen LogP contribution in [0.4, 0.5) is 5.69 Å². The van der Waals surface area contributed by atoms with E-state index in [0.717, 1.165) is 11.1 Å². The molecule has 0 saturated carbocycles. The average molecular weight is 371 g/mol. The second-order valence-corrected chi connectivity index (χ2v) is 6.03. The molecule has 3 aromatic rings. The van der Waals surface area contributed by atoms with Crippen LogP contribution in [0.25, 0.3) is 0 Å². The SMILES string of the molecule is O=C(NCc1ccc(Cn2cccn2)cc1)c1ccc(Cl)c([N+](=O)[O-])c1. The van der Waals surface area contributed by atoms with Crippen molar-refractivity contribution in [3.8, 4) is 0 Å². The lowest BCUT2D eigenvalue weighted by Crippen LogP contribution is -2.22. The van der Waals surface area contributed by atoms with Crippen LogP contribution in [-0.4, -0.2) is 20.6 Å². The first-order valence-electron chi connectivity index (χ1n) is 7.80. The third-order valence-corrected chi connectivity index (χ3v) is 4.10. The van der Waals surface area contributed by atoms with Crippen molar-refractivity contribution in [2.45, 2.75) is 13.1 Å². The number of nitro groups is 1. The van der Waals surface area contributed by atoms with Crippen LogP contribution in [0.5, 0.6) is 0 Å². The quantitative estimate of drug-likeness (QED) is 0.531. The molecule has 7 nitrogen and oxygen atoms in total. The Morgan fingerprint density at radius 2 is 1.92 bits per heavy atom. The molecule has 0 saturated heterocycles. The number of hydrogen-bond donors (Lipinski definition) is 1. The fourth-order valence-corrected chi connectivity index (χ4v) is 2.61. The molecule has 1 amide bonds. The number of carbonyl (C=O) groups excluding carboxylic acids is 1. The number of amides is 1. The zero-order chi connectivity index (χ0) is 18.5. The van der Waals surface area contributed by atoms with Gasteiger partial charge in [0.25, 0.3) is 11.6 Å². The molecule has 3 rings (SSSR count). The number of nitrogens with zero attached hydrogens (tertiary/aromatic N) is 3. The molecule has 2 aromatic carbocycles. The molecule has 0 spiro atoms. The molecule has 1 heterocycles. The number of rotatable bonds is 6. The molecule has 0 aliphatic heterocycles. The zero-order valence-corrected chi connectivity index (χ0v) is 14.4. The van der Waals surface area contributed by atoms with Gasteiger partial charge in [0.1, 0.15) is 5.02 Å². The van der Waals surface area contributed by atoms with E-state index in [1.54, 1.807) is 6.20 Å². The molecule has 0 radical (unpaired) electrons. The summed E-state index contributed by atoms with van der Waals surface area (Å²) in [4.78, 5) is 22.5. The third kappa shape index (κ3) is 4.25. The Hall–Kier alpha value is -3.19. The molecule has 8 heteroatoms. The van der Waals surface area contributed by atoms with E-state index in [9.17, 15) is 14.9 Å². The van der Waals surface area contributed by atoms with Gasteiger partial charge in [0.05, 0.1) is 11.5 Å². The first-order valence-corrected chi connectivity index (χ1v) is 8.18. The van der Waals surface area contributed by atoms with Crippen molar-refractivity contribution in [3.63, 3.8) is 0 Å². The minimum atomic E-state index is -0.614. The molecule has 0 aliphatic rings. The number of benzene rings is 2. The van der Waals surface area contributed by atoms with Crippen molar-refractivity contribution in [3.05, 3.63) is 92.8 Å². The van der Waals surface area contributed by atoms with Gasteiger partial charge < -0.3 is 5.32 Å². The Bertz CT molecular complexity index is 924. The fraction of sp³-hybridized carbons (Fsp3) is 0.111. The lowest BCUT2D eigenvalue weighted by molar-refractivity contribution is -0.384. The van der Waals surface area contributed by atoms with Crippen LogP contribution < -0.4 is 5.32 Å². The molecule has 0 aliphatic carbocycles. The predicted octanol–water partition coefficient (Wildman–Crippen LogP) is 3.42. The second-order valence-electron chi connectivity index (χ2n) is 5.63. The molecule has 0 bridgehead atoms. The summed E-state index contributed by atoms with van der Waals surface area (Å²) >= 11 is 5.75. The van der Waals surface area contributed by atoms with E-state index < -0.39 is 10.8 Å². The van der Waals surface area contributed by atoms with E-state index in [4.69, 9.17) is 11.6 Å². The highest BCUT2D eigenvalue weighted by molar-refractivity contribution is 6.32. The molecule has 26 heavy (non-hydrogen) atoms. The summed E-state index contributed by atoms with van der Waals surface area (Å²) in [5, 5.41) is 17.8. The maximum atomic E-state index is 12.2. The highest BCUT2D eigenvalue weighted by Crippen LogP contribution is 2.25. The Balaban J connectivity index is 1.61. The monoisotopic (exact) mass is 370 g/mol. The van der Waals surface area contributed by atoms with Gasteiger partial charge in [0.2, 0.25) is 0 Å². The summed E-state index contributed by atoms with van der Waals surface area (Å²) in [6.45, 7) is 0.991. The van der Waals surface area contributed by atoms with Gasteiger partial charge in [-0.05, 0) is 29.3 Å². The minimum Gasteiger partial charge on any atom is -0.348 e. The number of carbonyl (C=O) groups is 1. The van der Waals surface area contributed by atoms with Crippen LogP contribution in [0.15, 0.2) is 60.9 Å². The van der Waals surface area contributed by atoms with Crippen molar-refractivity contribution < 1.29 is 9.72 Å². The van der Waals surface area contributed by atoms with Gasteiger partial charge in [-0.1, -0.05) is 35.9 Å². The number of nitrogens with one attached hydrogen (secondary N) is 1. The summed E-state index contributed by atoms with van der Waals surface area (Å²) in [5.74, 6) is -0.398. The van der Waals surface area contributed by atoms with Crippen LogP contribution in [0.2, 0.25) is 5.02 Å². The van der Waals surface area contributed by atoms with Gasteiger partial charge in [0, 0.05) is 30.6 Å². The lowest BCUT2D eigenvalue weighted by Gasteiger charge is -2.07. The van der Waals surface area contributed by atoms with E-state index in [-0.39, 0.29) is 16.3 Å². The summed E-state index contributed by atoms with van der Waals surface area (Å²) < 4.78 is 1.82. The smallest absolute Gasteiger partial charge is 0.288 e. The van der Waals surface area contributed by atoms with E-state index >= 15 is 0 Å². The molecule has 0 unspecified atom stereocenters. The summed E-state index contributed by atoms with van der Waals surface area (Å²) in [6, 6.07) is 13.6. The van der Waals surface area contributed by atoms with Gasteiger partial charge >= 0.3 is 0 Å². The van der Waals surface area contributed by atoms with Crippen LogP contribution in [0.1, 0.15) is 21.5 Å². The first-order chi connectivity index (χ1) is 12.5. The van der Waals surface area contributed by atoms with E-state index in [1.807, 2.05) is 41.2 Å². The average Bonchev–Trinajstić information content (AvgIpc) is 3.14. The molecule has 0 fully saturated rings. The zero-order valence-electron chi connectivity index (χ0n) is 13.6. The highest BCUT2D eigenvalue weighted by Gasteiger charge is 2.16. The first kappa shape index (κ1) is 17.6. The maximum Gasteiger partial charge on any atom is 0.288 e. The maximum absolute atomic E-state index is 12.2. The Labute approximate surface area is 154 Å². The van der Waals surface area contributed by atoms with E-state index in [2.05, 4.69) is 10.4 Å². The minimum absolute atomic E-state index is 0.000629. The Kier molecular flexibility index (Phi) is 5.28. The summed E-state index contributed by atoms with van der Waals surface area (Å²) in [6.07, 6.45) is 3.62. The number of halogens is 1. The van der Waals surface area contributed by atoms with Gasteiger partial charge in [-0.3, -0.25) is 19.6 Å². The number of hydrogen-bond acceptors (Lipinski definition) is 4. The predicted molar refractivity (Wildman–Crippen MR) is 97.0 cm³/mol. The van der Waals surface area contributed by atoms with Crippen molar-refractivity contribution in [2.24, 2.45) is 0 Å². The topological polar surface area (TPSA) is 90.1 Å². The van der Waals surface area contributed by atoms with Crippen LogP contribution in [-0.2, 0) is 13.1 Å². The molecule has 0 atom stereocenters. The van der Waals surface area contributed by atoms with Gasteiger partial charge in [-0.15, -0.1) is 0 Å². The summed E-state index contributed by atoms with van der Waals surface area (Å²) in [5.41, 5.74) is 1.92. The number of nitro benzene ring substituents is 1. The lowest BCUT2D eigenvalue weighted by atomic mass is 10.1. The van der Waals surface area contributed by atoms with Crippen molar-refractivity contribution >= 4 is 23.2 Å². The van der Waals surface area contributed by atoms with Crippen LogP contribution in [0, 0.1) is 10.1 Å². The summed E-state index contributed by atoms with van der Waals surface area (Å²) in [7, 11) is 0. The molecule has 132 valence electrons. The fourth-order valence-electron chi connectivity index (χ4n) is 2.42. The van der Waals surface area contributed by atoms with E-state index in [1.165, 1.54) is 18.2 Å². The number of aromatic nitrogens is 2.